The SMILES string of the molecule is NC(=O)C1CCN(Cc2cccc(NC(=O)/C=C/c3ccc(OCc4ccccn4)cc3)c2)CC1. The van der Waals surface area contributed by atoms with Crippen LogP contribution in [-0.4, -0.2) is 34.8 Å². The lowest BCUT2D eigenvalue weighted by Gasteiger charge is -2.30. The number of piperidine rings is 1. The topological polar surface area (TPSA) is 97.6 Å². The van der Waals surface area contributed by atoms with E-state index >= 15 is 0 Å². The van der Waals surface area contributed by atoms with Crippen LogP contribution >= 0.6 is 0 Å². The molecule has 0 spiro atoms. The van der Waals surface area contributed by atoms with Crippen LogP contribution in [-0.2, 0) is 22.7 Å². The Balaban J connectivity index is 1.25. The number of benzene rings is 2. The monoisotopic (exact) mass is 470 g/mol. The van der Waals surface area contributed by atoms with Crippen LogP contribution in [0.15, 0.2) is 79.0 Å². The number of nitrogens with two attached hydrogens (primary N) is 1. The average Bonchev–Trinajstić information content (AvgIpc) is 2.88. The van der Waals surface area contributed by atoms with Gasteiger partial charge < -0.3 is 15.8 Å². The molecule has 1 aliphatic heterocycles. The molecule has 1 aliphatic rings. The van der Waals surface area contributed by atoms with Crippen molar-refractivity contribution in [3.05, 3.63) is 95.8 Å². The van der Waals surface area contributed by atoms with E-state index in [-0.39, 0.29) is 17.7 Å². The van der Waals surface area contributed by atoms with E-state index in [0.29, 0.717) is 6.61 Å². The number of primary amides is 1. The molecule has 2 amide bonds. The molecule has 0 radical (unpaired) electrons. The Morgan fingerprint density at radius 3 is 2.57 bits per heavy atom. The molecule has 3 aromatic rings. The molecule has 180 valence electrons. The van der Waals surface area contributed by atoms with Gasteiger partial charge in [0.15, 0.2) is 0 Å². The molecule has 0 saturated carbocycles. The zero-order valence-corrected chi connectivity index (χ0v) is 19.6. The first kappa shape index (κ1) is 24.2. The van der Waals surface area contributed by atoms with Crippen LogP contribution in [0.1, 0.15) is 29.7 Å². The maximum Gasteiger partial charge on any atom is 0.248 e. The number of hydrogen-bond donors (Lipinski definition) is 2. The highest BCUT2D eigenvalue weighted by Gasteiger charge is 2.22. The highest BCUT2D eigenvalue weighted by Crippen LogP contribution is 2.20. The second kappa shape index (κ2) is 11.9. The van der Waals surface area contributed by atoms with E-state index in [0.717, 1.165) is 60.7 Å². The van der Waals surface area contributed by atoms with Crippen molar-refractivity contribution in [1.82, 2.24) is 9.88 Å². The van der Waals surface area contributed by atoms with Gasteiger partial charge in [0.25, 0.3) is 0 Å². The van der Waals surface area contributed by atoms with Crippen molar-refractivity contribution in [2.45, 2.75) is 26.0 Å². The number of hydrogen-bond acceptors (Lipinski definition) is 5. The molecule has 0 bridgehead atoms. The fourth-order valence-electron chi connectivity index (χ4n) is 4.05. The number of nitrogens with one attached hydrogen (secondary N) is 1. The van der Waals surface area contributed by atoms with E-state index in [4.69, 9.17) is 10.5 Å². The summed E-state index contributed by atoms with van der Waals surface area (Å²) in [4.78, 5) is 30.3. The van der Waals surface area contributed by atoms with Gasteiger partial charge in [-0.05, 0) is 79.5 Å². The Morgan fingerprint density at radius 1 is 1.06 bits per heavy atom. The fraction of sp³-hybridized carbons (Fsp3) is 0.250. The Hall–Kier alpha value is -3.97. The number of anilines is 1. The van der Waals surface area contributed by atoms with Crippen LogP contribution in [0.4, 0.5) is 5.69 Å². The second-order valence-electron chi connectivity index (χ2n) is 8.65. The lowest BCUT2D eigenvalue weighted by atomic mass is 9.96. The average molecular weight is 471 g/mol. The highest BCUT2D eigenvalue weighted by atomic mass is 16.5. The molecule has 1 fully saturated rings. The molecule has 2 heterocycles. The number of carbonyl (C=O) groups is 2. The molecule has 2 aromatic carbocycles. The molecule has 1 aromatic heterocycles. The summed E-state index contributed by atoms with van der Waals surface area (Å²) in [6.45, 7) is 2.88. The fourth-order valence-corrected chi connectivity index (χ4v) is 4.05. The molecule has 0 unspecified atom stereocenters. The summed E-state index contributed by atoms with van der Waals surface area (Å²) in [5.41, 5.74) is 9.06. The lowest BCUT2D eigenvalue weighted by Crippen LogP contribution is -2.38. The molecular formula is C28H30N4O3. The molecule has 0 aliphatic carbocycles. The van der Waals surface area contributed by atoms with Gasteiger partial charge in [0.2, 0.25) is 11.8 Å². The lowest BCUT2D eigenvalue weighted by molar-refractivity contribution is -0.123. The van der Waals surface area contributed by atoms with Gasteiger partial charge in [0, 0.05) is 30.4 Å². The first-order valence-electron chi connectivity index (χ1n) is 11.8. The summed E-state index contributed by atoms with van der Waals surface area (Å²) in [5.74, 6) is 0.333. The minimum atomic E-state index is -0.202. The summed E-state index contributed by atoms with van der Waals surface area (Å²) in [7, 11) is 0. The minimum Gasteiger partial charge on any atom is -0.487 e. The van der Waals surface area contributed by atoms with Gasteiger partial charge in [-0.2, -0.15) is 0 Å². The first-order chi connectivity index (χ1) is 17.0. The third kappa shape index (κ3) is 7.52. The van der Waals surface area contributed by atoms with Crippen molar-refractivity contribution in [1.29, 1.82) is 0 Å². The Bertz CT molecular complexity index is 1150. The molecule has 35 heavy (non-hydrogen) atoms. The summed E-state index contributed by atoms with van der Waals surface area (Å²) in [6.07, 6.45) is 6.63. The van der Waals surface area contributed by atoms with E-state index in [9.17, 15) is 9.59 Å². The molecule has 7 nitrogen and oxygen atoms in total. The van der Waals surface area contributed by atoms with Crippen LogP contribution in [0.5, 0.6) is 5.75 Å². The standard InChI is InChI=1S/C28H30N4O3/c29-28(34)23-13-16-32(17-14-23)19-22-4-3-6-24(18-22)31-27(33)12-9-21-7-10-26(11-8-21)35-20-25-5-1-2-15-30-25/h1-12,15,18,23H,13-14,16-17,19-20H2,(H2,29,34)(H,31,33)/b12-9+. The largest absolute Gasteiger partial charge is 0.487 e. The molecule has 0 atom stereocenters. The van der Waals surface area contributed by atoms with Crippen molar-refractivity contribution < 1.29 is 14.3 Å². The number of pyridine rings is 1. The van der Waals surface area contributed by atoms with E-state index in [1.807, 2.05) is 66.7 Å². The van der Waals surface area contributed by atoms with Crippen LogP contribution in [0.25, 0.3) is 6.08 Å². The molecule has 3 N–H and O–H groups in total. The number of rotatable bonds is 9. The van der Waals surface area contributed by atoms with Gasteiger partial charge in [-0.1, -0.05) is 30.3 Å². The molecule has 7 heteroatoms. The highest BCUT2D eigenvalue weighted by molar-refractivity contribution is 6.01. The zero-order valence-electron chi connectivity index (χ0n) is 19.6. The quantitative estimate of drug-likeness (QED) is 0.461. The number of ether oxygens (including phenoxy) is 1. The van der Waals surface area contributed by atoms with Gasteiger partial charge in [0.1, 0.15) is 12.4 Å². The van der Waals surface area contributed by atoms with Crippen LogP contribution in [0, 0.1) is 5.92 Å². The Kier molecular flexibility index (Phi) is 8.25. The van der Waals surface area contributed by atoms with Crippen molar-refractivity contribution in [2.75, 3.05) is 18.4 Å². The van der Waals surface area contributed by atoms with Crippen LogP contribution in [0.2, 0.25) is 0 Å². The van der Waals surface area contributed by atoms with Gasteiger partial charge in [-0.15, -0.1) is 0 Å². The normalized spacial score (nSPS) is 14.6. The maximum atomic E-state index is 12.4. The third-order valence-electron chi connectivity index (χ3n) is 6.01. The predicted molar refractivity (Wildman–Crippen MR) is 136 cm³/mol. The molecular weight excluding hydrogens is 440 g/mol. The van der Waals surface area contributed by atoms with Crippen LogP contribution in [0.3, 0.4) is 0 Å². The second-order valence-corrected chi connectivity index (χ2v) is 8.65. The van der Waals surface area contributed by atoms with Crippen molar-refractivity contribution in [3.63, 3.8) is 0 Å². The number of likely N-dealkylation sites (tertiary alicyclic amines) is 1. The van der Waals surface area contributed by atoms with E-state index in [1.165, 1.54) is 6.08 Å². The Labute approximate surface area is 205 Å². The summed E-state index contributed by atoms with van der Waals surface area (Å²) in [6, 6.07) is 21.1. The third-order valence-corrected chi connectivity index (χ3v) is 6.01. The van der Waals surface area contributed by atoms with E-state index in [2.05, 4.69) is 15.2 Å². The van der Waals surface area contributed by atoms with Gasteiger partial charge in [0.05, 0.1) is 5.69 Å². The van der Waals surface area contributed by atoms with E-state index in [1.54, 1.807) is 12.3 Å². The number of nitrogens with zero attached hydrogens (tertiary/aromatic N) is 2. The number of carbonyl (C=O) groups excluding carboxylic acids is 2. The predicted octanol–water partition coefficient (Wildman–Crippen LogP) is 4.01. The first-order valence-corrected chi connectivity index (χ1v) is 11.8. The van der Waals surface area contributed by atoms with E-state index < -0.39 is 0 Å². The van der Waals surface area contributed by atoms with Gasteiger partial charge in [-0.25, -0.2) is 0 Å². The minimum absolute atomic E-state index is 0.0148. The van der Waals surface area contributed by atoms with Crippen molar-refractivity contribution in [2.24, 2.45) is 11.7 Å². The zero-order chi connectivity index (χ0) is 24.5. The summed E-state index contributed by atoms with van der Waals surface area (Å²) >= 11 is 0. The maximum absolute atomic E-state index is 12.4. The smallest absolute Gasteiger partial charge is 0.248 e. The van der Waals surface area contributed by atoms with Crippen LogP contribution < -0.4 is 15.8 Å². The summed E-state index contributed by atoms with van der Waals surface area (Å²) < 4.78 is 5.74. The van der Waals surface area contributed by atoms with Gasteiger partial charge in [-0.3, -0.25) is 19.5 Å². The number of aromatic nitrogens is 1. The van der Waals surface area contributed by atoms with Crippen molar-refractivity contribution in [3.8, 4) is 5.75 Å². The van der Waals surface area contributed by atoms with Gasteiger partial charge >= 0.3 is 0 Å². The number of amides is 2. The summed E-state index contributed by atoms with van der Waals surface area (Å²) in [5, 5.41) is 2.92. The molecule has 4 rings (SSSR count). The molecule has 1 saturated heterocycles. The Morgan fingerprint density at radius 2 is 1.86 bits per heavy atom. The van der Waals surface area contributed by atoms with Crippen molar-refractivity contribution >= 4 is 23.6 Å².